The number of carboxylic acids is 1. The Balaban J connectivity index is 1.56. The number of likely N-dealkylation sites (N-methyl/N-ethyl adjacent to an activating group) is 1. The molecule has 1 saturated heterocycles. The second-order valence-corrected chi connectivity index (χ2v) is 8.52. The van der Waals surface area contributed by atoms with Crippen molar-refractivity contribution in [2.75, 3.05) is 19.6 Å². The maximum Gasteiger partial charge on any atom is 0.547 e. The maximum atomic E-state index is 14.6. The molecule has 1 fully saturated rings. The lowest BCUT2D eigenvalue weighted by atomic mass is 9.72. The third-order valence-electron chi connectivity index (χ3n) is 6.20. The summed E-state index contributed by atoms with van der Waals surface area (Å²) in [6.45, 7) is 1.90. The van der Waals surface area contributed by atoms with Crippen LogP contribution < -0.4 is 15.3 Å². The Labute approximate surface area is 215 Å². The minimum Gasteiger partial charge on any atom is -0.534 e. The average molecular weight is 527 g/mol. The molecule has 15 heteroatoms. The summed E-state index contributed by atoms with van der Waals surface area (Å²) in [5, 5.41) is 24.5. The van der Waals surface area contributed by atoms with Crippen molar-refractivity contribution in [1.82, 2.24) is 25.4 Å². The fraction of sp³-hybridized carbons (Fsp3) is 0.304. The number of hydrogen-bond acceptors (Lipinski definition) is 8. The van der Waals surface area contributed by atoms with E-state index in [2.05, 4.69) is 15.6 Å². The Morgan fingerprint density at radius 1 is 1.21 bits per heavy atom. The van der Waals surface area contributed by atoms with Gasteiger partial charge < -0.3 is 30.3 Å². The maximum absolute atomic E-state index is 14.6. The molecule has 0 aliphatic carbocycles. The molecule has 4 rings (SSSR count). The number of hydrogen-bond donors (Lipinski definition) is 4. The van der Waals surface area contributed by atoms with Gasteiger partial charge in [-0.15, -0.1) is 0 Å². The van der Waals surface area contributed by atoms with Crippen LogP contribution in [0.1, 0.15) is 34.6 Å². The molecule has 38 heavy (non-hydrogen) atoms. The lowest BCUT2D eigenvalue weighted by Gasteiger charge is -2.33. The number of para-hydroxylation sites is 1. The second-order valence-electron chi connectivity index (χ2n) is 8.52. The Morgan fingerprint density at radius 3 is 2.66 bits per heavy atom. The van der Waals surface area contributed by atoms with E-state index < -0.39 is 60.3 Å². The van der Waals surface area contributed by atoms with Crippen LogP contribution in [0.2, 0.25) is 0 Å². The lowest BCUT2D eigenvalue weighted by Crippen LogP contribution is -2.60. The molecule has 2 aliphatic heterocycles. The first-order chi connectivity index (χ1) is 18.1. The summed E-state index contributed by atoms with van der Waals surface area (Å²) in [5.74, 6) is -6.33. The molecule has 0 bridgehead atoms. The third-order valence-corrected chi connectivity index (χ3v) is 6.20. The zero-order valence-electron chi connectivity index (χ0n) is 20.1. The molecule has 3 heterocycles. The SMILES string of the molecule is CCN1CCN(C(=O)NC(C(=O)N[C@H]2Cc3cccc(C(=O)O)c3OB2O)c2ncccc2F)C(=O)C1=O. The van der Waals surface area contributed by atoms with Crippen molar-refractivity contribution in [3.63, 3.8) is 0 Å². The van der Waals surface area contributed by atoms with Gasteiger partial charge in [0.15, 0.2) is 6.04 Å². The van der Waals surface area contributed by atoms with Crippen LogP contribution in [-0.4, -0.2) is 87.3 Å². The van der Waals surface area contributed by atoms with Gasteiger partial charge >= 0.3 is 30.9 Å². The van der Waals surface area contributed by atoms with E-state index in [4.69, 9.17) is 4.65 Å². The van der Waals surface area contributed by atoms with Gasteiger partial charge in [-0.2, -0.15) is 0 Å². The van der Waals surface area contributed by atoms with E-state index in [1.807, 2.05) is 0 Å². The molecule has 0 spiro atoms. The van der Waals surface area contributed by atoms with Crippen LogP contribution >= 0.6 is 0 Å². The predicted molar refractivity (Wildman–Crippen MR) is 127 cm³/mol. The van der Waals surface area contributed by atoms with E-state index in [-0.39, 0.29) is 37.4 Å². The number of carbonyl (C=O) groups is 5. The fourth-order valence-corrected chi connectivity index (χ4v) is 4.22. The number of aromatic nitrogens is 1. The summed E-state index contributed by atoms with van der Waals surface area (Å²) >= 11 is 0. The zero-order valence-corrected chi connectivity index (χ0v) is 20.1. The molecular formula is C23H23BFN5O8. The van der Waals surface area contributed by atoms with E-state index in [0.717, 1.165) is 6.07 Å². The number of imide groups is 1. The van der Waals surface area contributed by atoms with Crippen molar-refractivity contribution in [3.05, 3.63) is 59.2 Å². The van der Waals surface area contributed by atoms with Gasteiger partial charge in [-0.3, -0.25) is 24.3 Å². The molecule has 2 aliphatic rings. The molecule has 2 atom stereocenters. The van der Waals surface area contributed by atoms with Gasteiger partial charge in [-0.25, -0.2) is 14.0 Å². The van der Waals surface area contributed by atoms with Crippen LogP contribution in [0.15, 0.2) is 36.5 Å². The number of carbonyl (C=O) groups excluding carboxylic acids is 4. The molecule has 1 aromatic heterocycles. The van der Waals surface area contributed by atoms with Crippen LogP contribution in [-0.2, 0) is 20.8 Å². The zero-order chi connectivity index (χ0) is 27.6. The number of nitrogens with zero attached hydrogens (tertiary/aromatic N) is 3. The number of halogens is 1. The number of urea groups is 1. The van der Waals surface area contributed by atoms with Crippen molar-refractivity contribution >= 4 is 36.8 Å². The summed E-state index contributed by atoms with van der Waals surface area (Å²) in [5.41, 5.74) is -0.249. The molecule has 198 valence electrons. The largest absolute Gasteiger partial charge is 0.547 e. The van der Waals surface area contributed by atoms with Crippen molar-refractivity contribution in [2.45, 2.75) is 25.3 Å². The Morgan fingerprint density at radius 2 is 1.97 bits per heavy atom. The van der Waals surface area contributed by atoms with E-state index in [1.165, 1.54) is 29.3 Å². The van der Waals surface area contributed by atoms with Crippen LogP contribution in [0.4, 0.5) is 9.18 Å². The van der Waals surface area contributed by atoms with Gasteiger partial charge in [-0.05, 0) is 37.1 Å². The minimum atomic E-state index is -1.75. The van der Waals surface area contributed by atoms with Crippen LogP contribution in [0.3, 0.4) is 0 Å². The summed E-state index contributed by atoms with van der Waals surface area (Å²) in [4.78, 5) is 68.1. The molecular weight excluding hydrogens is 504 g/mol. The number of carboxylic acid groups (broad SMARTS) is 1. The number of fused-ring (bicyclic) bond motifs is 1. The number of aromatic carboxylic acids is 1. The van der Waals surface area contributed by atoms with Gasteiger partial charge in [0.1, 0.15) is 17.3 Å². The number of benzene rings is 1. The number of nitrogens with one attached hydrogen (secondary N) is 2. The number of rotatable bonds is 6. The number of piperazine rings is 1. The van der Waals surface area contributed by atoms with Crippen LogP contribution in [0.5, 0.6) is 5.75 Å². The Kier molecular flexibility index (Phi) is 7.57. The highest BCUT2D eigenvalue weighted by molar-refractivity contribution is 6.47. The number of pyridine rings is 1. The highest BCUT2D eigenvalue weighted by Crippen LogP contribution is 2.30. The predicted octanol–water partition coefficient (Wildman–Crippen LogP) is -0.500. The van der Waals surface area contributed by atoms with Crippen molar-refractivity contribution in [2.24, 2.45) is 0 Å². The van der Waals surface area contributed by atoms with Gasteiger partial charge in [-0.1, -0.05) is 12.1 Å². The quantitative estimate of drug-likeness (QED) is 0.285. The monoisotopic (exact) mass is 527 g/mol. The topological polar surface area (TPSA) is 178 Å². The molecule has 0 saturated carbocycles. The number of amides is 5. The molecule has 2 aromatic rings. The summed E-state index contributed by atoms with van der Waals surface area (Å²) in [6.07, 6.45) is 1.16. The highest BCUT2D eigenvalue weighted by atomic mass is 19.1. The van der Waals surface area contributed by atoms with Gasteiger partial charge in [0.25, 0.3) is 0 Å². The average Bonchev–Trinajstić information content (AvgIpc) is 2.89. The molecule has 13 nitrogen and oxygen atoms in total. The summed E-state index contributed by atoms with van der Waals surface area (Å²) < 4.78 is 20.0. The first-order valence-corrected chi connectivity index (χ1v) is 11.6. The van der Waals surface area contributed by atoms with Gasteiger partial charge in [0.2, 0.25) is 5.91 Å². The van der Waals surface area contributed by atoms with Crippen LogP contribution in [0.25, 0.3) is 0 Å². The van der Waals surface area contributed by atoms with E-state index in [9.17, 15) is 38.5 Å². The molecule has 1 unspecified atom stereocenters. The first kappa shape index (κ1) is 26.5. The Bertz CT molecular complexity index is 1310. The second kappa shape index (κ2) is 10.8. The fourth-order valence-electron chi connectivity index (χ4n) is 4.22. The van der Waals surface area contributed by atoms with Crippen molar-refractivity contribution < 1.29 is 43.1 Å². The molecule has 0 radical (unpaired) electrons. The first-order valence-electron chi connectivity index (χ1n) is 11.6. The minimum absolute atomic E-state index is 0.0410. The summed E-state index contributed by atoms with van der Waals surface area (Å²) in [7, 11) is -1.67. The standard InChI is InChI=1S/C23H23BFN5O8/c1-2-29-9-10-30(21(33)20(29)32)23(36)28-17(16-14(25)7-4-8-26-16)19(31)27-15-11-12-5-3-6-13(22(34)35)18(12)38-24(15)37/h3-8,15,17,37H,2,9-11H2,1H3,(H,27,31)(H,28,36)(H,34,35)/t15-,17?/m0/s1. The van der Waals surface area contributed by atoms with E-state index in [0.29, 0.717) is 10.5 Å². The van der Waals surface area contributed by atoms with Crippen molar-refractivity contribution in [1.29, 1.82) is 0 Å². The molecule has 4 N–H and O–H groups in total. The molecule has 1 aromatic carbocycles. The van der Waals surface area contributed by atoms with Crippen molar-refractivity contribution in [3.8, 4) is 5.75 Å². The van der Waals surface area contributed by atoms with Gasteiger partial charge in [0.05, 0.1) is 11.5 Å². The van der Waals surface area contributed by atoms with E-state index >= 15 is 0 Å². The smallest absolute Gasteiger partial charge is 0.534 e. The van der Waals surface area contributed by atoms with Gasteiger partial charge in [0, 0.05) is 25.8 Å². The van der Waals surface area contributed by atoms with Crippen LogP contribution in [0, 0.1) is 5.82 Å². The van der Waals surface area contributed by atoms with E-state index in [1.54, 1.807) is 13.0 Å². The highest BCUT2D eigenvalue weighted by Gasteiger charge is 2.41. The lowest BCUT2D eigenvalue weighted by molar-refractivity contribution is -0.153. The molecule has 5 amide bonds. The summed E-state index contributed by atoms with van der Waals surface area (Å²) in [6, 6.07) is 3.77. The Hall–Kier alpha value is -4.53. The third kappa shape index (κ3) is 5.13. The normalized spacial score (nSPS) is 17.9.